The van der Waals surface area contributed by atoms with E-state index < -0.39 is 55.3 Å². The number of aliphatic hydroxyl groups excluding tert-OH is 1. The van der Waals surface area contributed by atoms with Crippen molar-refractivity contribution in [2.75, 3.05) is 6.61 Å². The van der Waals surface area contributed by atoms with E-state index in [1.165, 1.54) is 0 Å². The van der Waals surface area contributed by atoms with Gasteiger partial charge in [0.15, 0.2) is 6.10 Å². The average molecular weight is 308 g/mol. The van der Waals surface area contributed by atoms with Gasteiger partial charge >= 0.3 is 17.9 Å². The van der Waals surface area contributed by atoms with Crippen molar-refractivity contribution >= 4 is 17.9 Å². The molecule has 0 aromatic carbocycles. The summed E-state index contributed by atoms with van der Waals surface area (Å²) in [5.41, 5.74) is 0. The van der Waals surface area contributed by atoms with Crippen molar-refractivity contribution in [2.45, 2.75) is 51.5 Å². The zero-order valence-electron chi connectivity index (χ0n) is 11.8. The van der Waals surface area contributed by atoms with Gasteiger partial charge in [0.2, 0.25) is 12.5 Å². The number of esters is 3. The molecule has 0 saturated carbocycles. The van der Waals surface area contributed by atoms with E-state index in [2.05, 4.69) is 14.2 Å². The minimum absolute atomic E-state index is 0.404. The molecule has 0 spiro atoms. The Bertz CT molecular complexity index is 412. The molecular formula is C12H17FO8. The highest BCUT2D eigenvalue weighted by Crippen LogP contribution is 2.27. The van der Waals surface area contributed by atoms with Crippen LogP contribution in [0.1, 0.15) is 20.8 Å². The monoisotopic (exact) mass is 308 g/mol. The highest BCUT2D eigenvalue weighted by Gasteiger charge is 2.49. The van der Waals surface area contributed by atoms with Crippen LogP contribution in [0, 0.1) is 0 Å². The number of alkyl halides is 1. The largest absolute Gasteiger partial charge is 0.463 e. The van der Waals surface area contributed by atoms with Gasteiger partial charge in [0.25, 0.3) is 0 Å². The number of hydrogen-bond acceptors (Lipinski definition) is 8. The Morgan fingerprint density at radius 3 is 2.14 bits per heavy atom. The van der Waals surface area contributed by atoms with Crippen molar-refractivity contribution in [3.05, 3.63) is 0 Å². The van der Waals surface area contributed by atoms with Gasteiger partial charge in [-0.05, 0) is 0 Å². The summed E-state index contributed by atoms with van der Waals surface area (Å²) in [7, 11) is 0. The lowest BCUT2D eigenvalue weighted by atomic mass is 10.00. The van der Waals surface area contributed by atoms with Crippen LogP contribution in [0.5, 0.6) is 0 Å². The summed E-state index contributed by atoms with van der Waals surface area (Å²) in [6.07, 6.45) is -8.11. The molecule has 1 heterocycles. The second-order valence-corrected chi connectivity index (χ2v) is 4.46. The van der Waals surface area contributed by atoms with Gasteiger partial charge in [0.05, 0.1) is 0 Å². The summed E-state index contributed by atoms with van der Waals surface area (Å²) < 4.78 is 33.1. The molecule has 9 heteroatoms. The lowest BCUT2D eigenvalue weighted by Gasteiger charge is -2.39. The third-order valence-corrected chi connectivity index (χ3v) is 2.64. The topological polar surface area (TPSA) is 108 Å². The second kappa shape index (κ2) is 7.32. The highest BCUT2D eigenvalue weighted by molar-refractivity contribution is 5.67. The second-order valence-electron chi connectivity index (χ2n) is 4.46. The van der Waals surface area contributed by atoms with E-state index in [0.717, 1.165) is 20.8 Å². The number of rotatable bonds is 4. The van der Waals surface area contributed by atoms with Crippen LogP contribution >= 0.6 is 0 Å². The number of ether oxygens (including phenoxy) is 4. The van der Waals surface area contributed by atoms with E-state index in [-0.39, 0.29) is 0 Å². The Labute approximate surface area is 120 Å². The number of hydrogen-bond donors (Lipinski definition) is 1. The molecule has 1 rings (SSSR count). The van der Waals surface area contributed by atoms with Crippen LogP contribution < -0.4 is 0 Å². The van der Waals surface area contributed by atoms with Gasteiger partial charge < -0.3 is 24.1 Å². The minimum atomic E-state index is -2.07. The molecule has 1 fully saturated rings. The summed E-state index contributed by atoms with van der Waals surface area (Å²) in [5, 5.41) is 9.94. The fourth-order valence-electron chi connectivity index (χ4n) is 1.80. The fraction of sp³-hybridized carbons (Fsp3) is 0.750. The van der Waals surface area contributed by atoms with Crippen LogP contribution in [-0.4, -0.2) is 60.4 Å². The van der Waals surface area contributed by atoms with Crippen LogP contribution in [0.15, 0.2) is 0 Å². The molecular weight excluding hydrogens is 291 g/mol. The Morgan fingerprint density at radius 2 is 1.67 bits per heavy atom. The van der Waals surface area contributed by atoms with E-state index in [1.807, 2.05) is 0 Å². The van der Waals surface area contributed by atoms with Crippen molar-refractivity contribution in [1.29, 1.82) is 0 Å². The number of carbonyl (C=O) groups excluding carboxylic acids is 3. The Morgan fingerprint density at radius 1 is 1.10 bits per heavy atom. The smallest absolute Gasteiger partial charge is 0.305 e. The average Bonchev–Trinajstić information content (AvgIpc) is 2.35. The third kappa shape index (κ3) is 4.94. The molecule has 0 amide bonds. The molecule has 1 saturated heterocycles. The molecule has 0 radical (unpaired) electrons. The first-order valence-electron chi connectivity index (χ1n) is 6.17. The van der Waals surface area contributed by atoms with Gasteiger partial charge in [-0.15, -0.1) is 0 Å². The molecule has 0 unspecified atom stereocenters. The Hall–Kier alpha value is -1.74. The maximum Gasteiger partial charge on any atom is 0.305 e. The molecule has 1 aliphatic heterocycles. The zero-order chi connectivity index (χ0) is 16.2. The third-order valence-electron chi connectivity index (χ3n) is 2.64. The van der Waals surface area contributed by atoms with Gasteiger partial charge in [-0.25, -0.2) is 4.39 Å². The molecule has 8 nitrogen and oxygen atoms in total. The van der Waals surface area contributed by atoms with Crippen LogP contribution in [0.2, 0.25) is 0 Å². The summed E-state index contributed by atoms with van der Waals surface area (Å²) >= 11 is 0. The minimum Gasteiger partial charge on any atom is -0.463 e. The molecule has 0 aromatic heterocycles. The molecule has 1 aliphatic rings. The van der Waals surface area contributed by atoms with Gasteiger partial charge in [-0.2, -0.15) is 0 Å². The quantitative estimate of drug-likeness (QED) is 0.545. The Kier molecular flexibility index (Phi) is 6.03. The molecule has 0 aliphatic carbocycles. The standard InChI is InChI=1S/C12H17FO8/c1-5(14)18-4-8-10(17)11(19-6(2)15)9(13)12(21-8)20-7(3)16/h8-12,17H,4H2,1-3H3/t8-,9-,10-,11-,12+/m1/s1. The lowest BCUT2D eigenvalue weighted by Crippen LogP contribution is -2.59. The summed E-state index contributed by atoms with van der Waals surface area (Å²) in [6, 6.07) is 0. The van der Waals surface area contributed by atoms with E-state index in [0.29, 0.717) is 0 Å². The maximum atomic E-state index is 14.1. The van der Waals surface area contributed by atoms with Crippen molar-refractivity contribution in [2.24, 2.45) is 0 Å². The van der Waals surface area contributed by atoms with Gasteiger partial charge in [-0.1, -0.05) is 0 Å². The zero-order valence-corrected chi connectivity index (χ0v) is 11.8. The normalized spacial score (nSPS) is 32.1. The van der Waals surface area contributed by atoms with E-state index in [9.17, 15) is 23.9 Å². The van der Waals surface area contributed by atoms with Crippen LogP contribution in [-0.2, 0) is 33.3 Å². The number of carbonyl (C=O) groups is 3. The van der Waals surface area contributed by atoms with E-state index in [4.69, 9.17) is 4.74 Å². The van der Waals surface area contributed by atoms with Gasteiger partial charge in [-0.3, -0.25) is 14.4 Å². The van der Waals surface area contributed by atoms with Crippen molar-refractivity contribution < 1.29 is 42.8 Å². The van der Waals surface area contributed by atoms with Crippen LogP contribution in [0.25, 0.3) is 0 Å². The SMILES string of the molecule is CC(=O)OC[C@H]1O[C@H](OC(C)=O)[C@H](F)[C@@H](OC(C)=O)[C@@H]1O. The molecule has 5 atom stereocenters. The van der Waals surface area contributed by atoms with E-state index in [1.54, 1.807) is 0 Å². The maximum absolute atomic E-state index is 14.1. The van der Waals surface area contributed by atoms with Crippen LogP contribution in [0.4, 0.5) is 4.39 Å². The predicted octanol–water partition coefficient (Wildman–Crippen LogP) is -0.532. The molecule has 21 heavy (non-hydrogen) atoms. The molecule has 0 bridgehead atoms. The van der Waals surface area contributed by atoms with Gasteiger partial charge in [0, 0.05) is 20.8 Å². The van der Waals surface area contributed by atoms with Gasteiger partial charge in [0.1, 0.15) is 18.8 Å². The first kappa shape index (κ1) is 17.3. The molecule has 0 aromatic rings. The predicted molar refractivity (Wildman–Crippen MR) is 63.5 cm³/mol. The fourth-order valence-corrected chi connectivity index (χ4v) is 1.80. The summed E-state index contributed by atoms with van der Waals surface area (Å²) in [6.45, 7) is 2.82. The first-order valence-corrected chi connectivity index (χ1v) is 6.17. The number of halogens is 1. The number of aliphatic hydroxyl groups is 1. The van der Waals surface area contributed by atoms with Crippen molar-refractivity contribution in [3.63, 3.8) is 0 Å². The van der Waals surface area contributed by atoms with Crippen molar-refractivity contribution in [3.8, 4) is 0 Å². The first-order chi connectivity index (χ1) is 9.72. The molecule has 1 N–H and O–H groups in total. The molecule has 120 valence electrons. The summed E-state index contributed by atoms with van der Waals surface area (Å²) in [5.74, 6) is -2.27. The van der Waals surface area contributed by atoms with E-state index >= 15 is 0 Å². The summed E-state index contributed by atoms with van der Waals surface area (Å²) in [4.78, 5) is 32.7. The lowest BCUT2D eigenvalue weighted by molar-refractivity contribution is -0.281. The van der Waals surface area contributed by atoms with Crippen molar-refractivity contribution in [1.82, 2.24) is 0 Å². The highest BCUT2D eigenvalue weighted by atomic mass is 19.1. The van der Waals surface area contributed by atoms with Crippen LogP contribution in [0.3, 0.4) is 0 Å². The Balaban J connectivity index is 2.86.